The van der Waals surface area contributed by atoms with Gasteiger partial charge in [-0.1, -0.05) is 0 Å². The van der Waals surface area contributed by atoms with Gasteiger partial charge in [0.25, 0.3) is 0 Å². The fourth-order valence-electron chi connectivity index (χ4n) is 3.47. The highest BCUT2D eigenvalue weighted by atomic mass is 16.5. The number of likely N-dealkylation sites (N-methyl/N-ethyl adjacent to an activating group) is 1. The van der Waals surface area contributed by atoms with Crippen molar-refractivity contribution in [3.63, 3.8) is 0 Å². The van der Waals surface area contributed by atoms with E-state index < -0.39 is 0 Å². The van der Waals surface area contributed by atoms with Gasteiger partial charge in [0.05, 0.1) is 26.3 Å². The maximum Gasteiger partial charge on any atom is 0.237 e. The molecule has 0 bridgehead atoms. The van der Waals surface area contributed by atoms with Crippen molar-refractivity contribution in [1.29, 1.82) is 0 Å². The lowest BCUT2D eigenvalue weighted by molar-refractivity contribution is -0.128. The Balaban J connectivity index is 2.07. The Morgan fingerprint density at radius 3 is 2.56 bits per heavy atom. The summed E-state index contributed by atoms with van der Waals surface area (Å²) in [5.74, 6) is 1.53. The first kappa shape index (κ1) is 19.5. The molecule has 0 aliphatic carbocycles. The van der Waals surface area contributed by atoms with Crippen molar-refractivity contribution < 1.29 is 14.3 Å². The molecule has 1 fully saturated rings. The van der Waals surface area contributed by atoms with Crippen molar-refractivity contribution in [2.24, 2.45) is 0 Å². The van der Waals surface area contributed by atoms with Crippen LogP contribution in [0.1, 0.15) is 32.4 Å². The average molecular weight is 349 g/mol. The summed E-state index contributed by atoms with van der Waals surface area (Å²) in [7, 11) is 5.38. The van der Waals surface area contributed by atoms with Crippen LogP contribution in [0.3, 0.4) is 0 Å². The highest BCUT2D eigenvalue weighted by molar-refractivity contribution is 5.82. The molecule has 6 heteroatoms. The minimum Gasteiger partial charge on any atom is -0.497 e. The van der Waals surface area contributed by atoms with Crippen LogP contribution in [0.5, 0.6) is 11.5 Å². The first-order chi connectivity index (χ1) is 11.9. The number of rotatable bonds is 6. The number of hydrogen-bond donors (Lipinski definition) is 1. The van der Waals surface area contributed by atoms with Crippen LogP contribution >= 0.6 is 0 Å². The molecule has 0 radical (unpaired) electrons. The molecule has 1 aliphatic heterocycles. The lowest BCUT2D eigenvalue weighted by Crippen LogP contribution is -2.57. The summed E-state index contributed by atoms with van der Waals surface area (Å²) in [6.45, 7) is 9.00. The zero-order chi connectivity index (χ0) is 18.6. The number of carbonyl (C=O) groups excluding carboxylic acids is 1. The fraction of sp³-hybridized carbons (Fsp3) is 0.632. The van der Waals surface area contributed by atoms with Crippen LogP contribution in [-0.2, 0) is 4.79 Å². The number of amides is 1. The Morgan fingerprint density at radius 1 is 1.24 bits per heavy atom. The van der Waals surface area contributed by atoms with Crippen LogP contribution in [-0.4, -0.2) is 68.7 Å². The van der Waals surface area contributed by atoms with Crippen LogP contribution in [0.4, 0.5) is 0 Å². The van der Waals surface area contributed by atoms with Gasteiger partial charge >= 0.3 is 0 Å². The maximum absolute atomic E-state index is 12.8. The summed E-state index contributed by atoms with van der Waals surface area (Å²) in [4.78, 5) is 17.3. The quantitative estimate of drug-likeness (QED) is 0.850. The molecule has 2 rings (SSSR count). The lowest BCUT2D eigenvalue weighted by atomic mass is 10.1. The minimum atomic E-state index is -0.164. The van der Waals surface area contributed by atoms with Crippen LogP contribution < -0.4 is 14.8 Å². The van der Waals surface area contributed by atoms with E-state index in [9.17, 15) is 4.79 Å². The molecule has 0 unspecified atom stereocenters. The molecular weight excluding hydrogens is 318 g/mol. The third-order valence-corrected chi connectivity index (χ3v) is 5.02. The molecule has 1 N–H and O–H groups in total. The monoisotopic (exact) mass is 349 g/mol. The van der Waals surface area contributed by atoms with Gasteiger partial charge in [0.2, 0.25) is 5.91 Å². The second-order valence-electron chi connectivity index (χ2n) is 6.86. The normalized spacial score (nSPS) is 21.4. The van der Waals surface area contributed by atoms with Crippen LogP contribution in [0.25, 0.3) is 0 Å². The molecule has 3 atom stereocenters. The molecule has 25 heavy (non-hydrogen) atoms. The van der Waals surface area contributed by atoms with Crippen molar-refractivity contribution >= 4 is 5.91 Å². The largest absolute Gasteiger partial charge is 0.497 e. The Morgan fingerprint density at radius 2 is 1.96 bits per heavy atom. The number of carbonyl (C=O) groups is 1. The molecular formula is C19H31N3O3. The lowest BCUT2D eigenvalue weighted by Gasteiger charge is -2.41. The van der Waals surface area contributed by atoms with Gasteiger partial charge in [0.1, 0.15) is 11.5 Å². The van der Waals surface area contributed by atoms with E-state index in [1.807, 2.05) is 32.0 Å². The molecule has 1 saturated heterocycles. The third kappa shape index (κ3) is 4.64. The summed E-state index contributed by atoms with van der Waals surface area (Å²) >= 11 is 0. The second kappa shape index (κ2) is 8.54. The van der Waals surface area contributed by atoms with E-state index in [1.54, 1.807) is 14.2 Å². The number of nitrogens with zero attached hydrogens (tertiary/aromatic N) is 2. The number of piperazine rings is 1. The molecule has 1 heterocycles. The number of ether oxygens (including phenoxy) is 2. The number of benzene rings is 1. The molecule has 140 valence electrons. The topological polar surface area (TPSA) is 54.0 Å². The van der Waals surface area contributed by atoms with Crippen molar-refractivity contribution in [1.82, 2.24) is 15.1 Å². The Kier molecular flexibility index (Phi) is 6.67. The summed E-state index contributed by atoms with van der Waals surface area (Å²) in [5.41, 5.74) is 0.911. The zero-order valence-corrected chi connectivity index (χ0v) is 16.2. The van der Waals surface area contributed by atoms with E-state index in [1.165, 1.54) is 0 Å². The molecule has 1 aliphatic rings. The van der Waals surface area contributed by atoms with Gasteiger partial charge in [-0.2, -0.15) is 0 Å². The molecule has 6 nitrogen and oxygen atoms in total. The van der Waals surface area contributed by atoms with Gasteiger partial charge in [0.15, 0.2) is 0 Å². The smallest absolute Gasteiger partial charge is 0.237 e. The molecule has 0 saturated carbocycles. The summed E-state index contributed by atoms with van der Waals surface area (Å²) in [6.07, 6.45) is 0. The van der Waals surface area contributed by atoms with Gasteiger partial charge in [-0.25, -0.2) is 0 Å². The van der Waals surface area contributed by atoms with Gasteiger partial charge in [-0.05, 0) is 46.0 Å². The second-order valence-corrected chi connectivity index (χ2v) is 6.86. The highest BCUT2D eigenvalue weighted by Crippen LogP contribution is 2.29. The predicted octanol–water partition coefficient (Wildman–Crippen LogP) is 1.91. The van der Waals surface area contributed by atoms with Crippen LogP contribution in [0, 0.1) is 0 Å². The molecule has 0 aromatic heterocycles. The first-order valence-electron chi connectivity index (χ1n) is 8.84. The summed E-state index contributed by atoms with van der Waals surface area (Å²) < 4.78 is 10.7. The Bertz CT molecular complexity index is 593. The Labute approximate surface area is 151 Å². The van der Waals surface area contributed by atoms with E-state index in [-0.39, 0.29) is 18.0 Å². The van der Waals surface area contributed by atoms with Crippen LogP contribution in [0.2, 0.25) is 0 Å². The average Bonchev–Trinajstić information content (AvgIpc) is 2.60. The van der Waals surface area contributed by atoms with Gasteiger partial charge in [-0.3, -0.25) is 9.69 Å². The standard InChI is InChI=1S/C19H31N3O3/c1-13-12-21(4)9-10-22(13)15(3)19(23)20-14(2)17-11-16(24-5)7-8-18(17)25-6/h7-8,11,13-15H,9-10,12H2,1-6H3,(H,20,23)/t13-,14-,15-/m0/s1. The van der Waals surface area contributed by atoms with E-state index in [2.05, 4.69) is 29.1 Å². The van der Waals surface area contributed by atoms with Gasteiger partial charge in [-0.15, -0.1) is 0 Å². The first-order valence-corrected chi connectivity index (χ1v) is 8.84. The molecule has 1 aromatic carbocycles. The molecule has 1 aromatic rings. The third-order valence-electron chi connectivity index (χ3n) is 5.02. The predicted molar refractivity (Wildman–Crippen MR) is 99.2 cm³/mol. The van der Waals surface area contributed by atoms with E-state index in [4.69, 9.17) is 9.47 Å². The number of nitrogens with one attached hydrogen (secondary N) is 1. The Hall–Kier alpha value is -1.79. The van der Waals surface area contributed by atoms with E-state index in [0.29, 0.717) is 6.04 Å². The van der Waals surface area contributed by atoms with Gasteiger partial charge < -0.3 is 19.7 Å². The fourth-order valence-corrected chi connectivity index (χ4v) is 3.47. The molecule has 1 amide bonds. The van der Waals surface area contributed by atoms with Crippen molar-refractivity contribution in [2.75, 3.05) is 40.9 Å². The summed E-state index contributed by atoms with van der Waals surface area (Å²) in [5, 5.41) is 3.12. The number of methoxy groups -OCH3 is 2. The number of hydrogen-bond acceptors (Lipinski definition) is 5. The van der Waals surface area contributed by atoms with E-state index in [0.717, 1.165) is 36.7 Å². The summed E-state index contributed by atoms with van der Waals surface area (Å²) in [6, 6.07) is 5.66. The maximum atomic E-state index is 12.8. The van der Waals surface area contributed by atoms with Crippen molar-refractivity contribution in [3.8, 4) is 11.5 Å². The SMILES string of the molecule is COc1ccc(OC)c([C@H](C)NC(=O)[C@H](C)N2CCN(C)C[C@@H]2C)c1. The van der Waals surface area contributed by atoms with E-state index >= 15 is 0 Å². The van der Waals surface area contributed by atoms with Crippen LogP contribution in [0.15, 0.2) is 18.2 Å². The highest BCUT2D eigenvalue weighted by Gasteiger charge is 2.30. The molecule has 0 spiro atoms. The van der Waals surface area contributed by atoms with Gasteiger partial charge in [0, 0.05) is 31.2 Å². The minimum absolute atomic E-state index is 0.0359. The van der Waals surface area contributed by atoms with Crippen molar-refractivity contribution in [3.05, 3.63) is 23.8 Å². The van der Waals surface area contributed by atoms with Crippen molar-refractivity contribution in [2.45, 2.75) is 38.9 Å². The zero-order valence-electron chi connectivity index (χ0n) is 16.2.